The quantitative estimate of drug-likeness (QED) is 0.552. The lowest BCUT2D eigenvalue weighted by molar-refractivity contribution is 0.206. The molecule has 1 aromatic rings. The molecule has 1 heterocycles. The minimum atomic E-state index is 0.515. The van der Waals surface area contributed by atoms with Crippen LogP contribution >= 0.6 is 0 Å². The van der Waals surface area contributed by atoms with Crippen LogP contribution in [0.4, 0.5) is 0 Å². The Morgan fingerprint density at radius 3 is 2.50 bits per heavy atom. The van der Waals surface area contributed by atoms with E-state index in [9.17, 15) is 0 Å². The van der Waals surface area contributed by atoms with Gasteiger partial charge in [-0.15, -0.1) is 0 Å². The van der Waals surface area contributed by atoms with Crippen LogP contribution in [0.1, 0.15) is 45.6 Å². The van der Waals surface area contributed by atoms with Gasteiger partial charge in [-0.25, -0.2) is 0 Å². The molecule has 0 atom stereocenters. The van der Waals surface area contributed by atoms with E-state index >= 15 is 0 Å². The zero-order valence-corrected chi connectivity index (χ0v) is 16.9. The summed E-state index contributed by atoms with van der Waals surface area (Å²) in [5, 5.41) is 6.99. The predicted octanol–water partition coefficient (Wildman–Crippen LogP) is 3.26. The van der Waals surface area contributed by atoms with Gasteiger partial charge in [0.05, 0.1) is 6.61 Å². The van der Waals surface area contributed by atoms with Crippen molar-refractivity contribution in [3.05, 3.63) is 29.8 Å². The van der Waals surface area contributed by atoms with Gasteiger partial charge in [0.25, 0.3) is 0 Å². The summed E-state index contributed by atoms with van der Waals surface area (Å²) in [4.78, 5) is 6.93. The van der Waals surface area contributed by atoms with Crippen LogP contribution in [0.5, 0.6) is 5.75 Å². The number of rotatable bonds is 8. The van der Waals surface area contributed by atoms with E-state index in [0.29, 0.717) is 12.0 Å². The van der Waals surface area contributed by atoms with Crippen molar-refractivity contribution in [1.82, 2.24) is 15.5 Å². The molecule has 5 heteroatoms. The fraction of sp³-hybridized carbons (Fsp3) is 0.667. The zero-order chi connectivity index (χ0) is 18.8. The molecular weight excluding hydrogens is 324 g/mol. The maximum absolute atomic E-state index is 5.74. The van der Waals surface area contributed by atoms with Crippen LogP contribution in [-0.2, 0) is 6.54 Å². The molecule has 0 spiro atoms. The topological polar surface area (TPSA) is 48.9 Å². The molecule has 26 heavy (non-hydrogen) atoms. The maximum atomic E-state index is 5.74. The summed E-state index contributed by atoms with van der Waals surface area (Å²) in [6, 6.07) is 8.82. The summed E-state index contributed by atoms with van der Waals surface area (Å²) in [5.41, 5.74) is 1.22. The molecule has 1 fully saturated rings. The second kappa shape index (κ2) is 11.1. The second-order valence-corrected chi connectivity index (χ2v) is 7.53. The molecule has 5 nitrogen and oxygen atoms in total. The van der Waals surface area contributed by atoms with Gasteiger partial charge in [-0.05, 0) is 49.4 Å². The average Bonchev–Trinajstić information content (AvgIpc) is 2.66. The molecule has 0 aliphatic carbocycles. The number of aliphatic imine (C=N–C) groups is 1. The third-order valence-electron chi connectivity index (χ3n) is 4.66. The Morgan fingerprint density at radius 2 is 1.92 bits per heavy atom. The fourth-order valence-corrected chi connectivity index (χ4v) is 3.16. The molecule has 1 aromatic carbocycles. The Kier molecular flexibility index (Phi) is 8.75. The lowest BCUT2D eigenvalue weighted by atomic mass is 10.1. The van der Waals surface area contributed by atoms with Crippen molar-refractivity contribution in [3.63, 3.8) is 0 Å². The van der Waals surface area contributed by atoms with Crippen LogP contribution in [0.25, 0.3) is 0 Å². The van der Waals surface area contributed by atoms with E-state index in [1.54, 1.807) is 0 Å². The highest BCUT2D eigenvalue weighted by molar-refractivity contribution is 5.79. The van der Waals surface area contributed by atoms with Crippen molar-refractivity contribution in [2.24, 2.45) is 10.9 Å². The van der Waals surface area contributed by atoms with Crippen molar-refractivity contribution >= 4 is 5.96 Å². The monoisotopic (exact) mass is 360 g/mol. The first-order chi connectivity index (χ1) is 12.6. The van der Waals surface area contributed by atoms with Gasteiger partial charge in [0.15, 0.2) is 5.96 Å². The minimum Gasteiger partial charge on any atom is -0.493 e. The number of ether oxygens (including phenoxy) is 1. The normalized spacial score (nSPS) is 16.7. The SMILES string of the molecule is CCCN1CCC(NC(=NC)NCc2ccc(OCC(C)C)cc2)CC1. The molecule has 1 aliphatic rings. The van der Waals surface area contributed by atoms with Gasteiger partial charge in [-0.3, -0.25) is 4.99 Å². The molecule has 0 saturated carbocycles. The van der Waals surface area contributed by atoms with Crippen molar-refractivity contribution in [2.45, 2.75) is 52.6 Å². The molecule has 0 unspecified atom stereocenters. The van der Waals surface area contributed by atoms with Crippen LogP contribution in [0, 0.1) is 5.92 Å². The van der Waals surface area contributed by atoms with Gasteiger partial charge in [0.2, 0.25) is 0 Å². The number of nitrogens with one attached hydrogen (secondary N) is 2. The van der Waals surface area contributed by atoms with Crippen LogP contribution in [0.15, 0.2) is 29.3 Å². The second-order valence-electron chi connectivity index (χ2n) is 7.53. The van der Waals surface area contributed by atoms with Crippen LogP contribution in [0.2, 0.25) is 0 Å². The van der Waals surface area contributed by atoms with Gasteiger partial charge in [0, 0.05) is 32.7 Å². The van der Waals surface area contributed by atoms with Crippen molar-refractivity contribution in [3.8, 4) is 5.75 Å². The first-order valence-electron chi connectivity index (χ1n) is 10.0. The Bertz CT molecular complexity index is 533. The van der Waals surface area contributed by atoms with Gasteiger partial charge in [-0.1, -0.05) is 32.9 Å². The first kappa shape index (κ1) is 20.6. The molecule has 2 N–H and O–H groups in total. The number of piperidine rings is 1. The lowest BCUT2D eigenvalue weighted by Crippen LogP contribution is -2.48. The average molecular weight is 361 g/mol. The highest BCUT2D eigenvalue weighted by Gasteiger charge is 2.19. The van der Waals surface area contributed by atoms with E-state index in [-0.39, 0.29) is 0 Å². The van der Waals surface area contributed by atoms with Crippen molar-refractivity contribution < 1.29 is 4.74 Å². The van der Waals surface area contributed by atoms with E-state index in [1.807, 2.05) is 19.2 Å². The predicted molar refractivity (Wildman–Crippen MR) is 110 cm³/mol. The van der Waals surface area contributed by atoms with E-state index in [0.717, 1.165) is 24.9 Å². The molecule has 1 saturated heterocycles. The summed E-state index contributed by atoms with van der Waals surface area (Å²) in [6.07, 6.45) is 3.60. The van der Waals surface area contributed by atoms with Crippen molar-refractivity contribution in [1.29, 1.82) is 0 Å². The van der Waals surface area contributed by atoms with E-state index in [2.05, 4.69) is 53.4 Å². The standard InChI is InChI=1S/C21H36N4O/c1-5-12-25-13-10-19(11-14-25)24-21(22-4)23-15-18-6-8-20(9-7-18)26-16-17(2)3/h6-9,17,19H,5,10-16H2,1-4H3,(H2,22,23,24). The van der Waals surface area contributed by atoms with Crippen LogP contribution < -0.4 is 15.4 Å². The van der Waals surface area contributed by atoms with Crippen LogP contribution in [-0.4, -0.2) is 50.2 Å². The molecule has 0 aromatic heterocycles. The van der Waals surface area contributed by atoms with Gasteiger partial charge < -0.3 is 20.3 Å². The summed E-state index contributed by atoms with van der Waals surface area (Å²) >= 11 is 0. The molecule has 146 valence electrons. The van der Waals surface area contributed by atoms with Crippen LogP contribution in [0.3, 0.4) is 0 Å². The number of likely N-dealkylation sites (tertiary alicyclic amines) is 1. The molecule has 0 radical (unpaired) electrons. The van der Waals surface area contributed by atoms with E-state index in [1.165, 1.54) is 44.5 Å². The largest absolute Gasteiger partial charge is 0.493 e. The smallest absolute Gasteiger partial charge is 0.191 e. The molecular formula is C21H36N4O. The number of benzene rings is 1. The van der Waals surface area contributed by atoms with E-state index in [4.69, 9.17) is 4.74 Å². The van der Waals surface area contributed by atoms with Crippen molar-refractivity contribution in [2.75, 3.05) is 33.3 Å². The summed E-state index contributed by atoms with van der Waals surface area (Å²) in [6.45, 7) is 11.7. The third-order valence-corrected chi connectivity index (χ3v) is 4.66. The summed E-state index contributed by atoms with van der Waals surface area (Å²) in [7, 11) is 1.84. The van der Waals surface area contributed by atoms with Gasteiger partial charge in [-0.2, -0.15) is 0 Å². The first-order valence-corrected chi connectivity index (χ1v) is 10.0. The Morgan fingerprint density at radius 1 is 1.23 bits per heavy atom. The zero-order valence-electron chi connectivity index (χ0n) is 16.9. The fourth-order valence-electron chi connectivity index (χ4n) is 3.16. The Labute approximate surface area is 159 Å². The van der Waals surface area contributed by atoms with Gasteiger partial charge in [0.1, 0.15) is 5.75 Å². The Balaban J connectivity index is 1.73. The highest BCUT2D eigenvalue weighted by atomic mass is 16.5. The van der Waals surface area contributed by atoms with Gasteiger partial charge >= 0.3 is 0 Å². The molecule has 0 amide bonds. The Hall–Kier alpha value is -1.75. The summed E-state index contributed by atoms with van der Waals surface area (Å²) in [5.74, 6) is 2.36. The molecule has 0 bridgehead atoms. The van der Waals surface area contributed by atoms with E-state index < -0.39 is 0 Å². The minimum absolute atomic E-state index is 0.515. The number of hydrogen-bond acceptors (Lipinski definition) is 3. The lowest BCUT2D eigenvalue weighted by Gasteiger charge is -2.32. The number of hydrogen-bond donors (Lipinski definition) is 2. The number of guanidine groups is 1. The summed E-state index contributed by atoms with van der Waals surface area (Å²) < 4.78 is 5.74. The third kappa shape index (κ3) is 7.24. The maximum Gasteiger partial charge on any atom is 0.191 e. The number of nitrogens with zero attached hydrogens (tertiary/aromatic N) is 2. The molecule has 2 rings (SSSR count). The highest BCUT2D eigenvalue weighted by Crippen LogP contribution is 2.13. The molecule has 1 aliphatic heterocycles.